The van der Waals surface area contributed by atoms with E-state index in [1.807, 2.05) is 23.1 Å². The van der Waals surface area contributed by atoms with Crippen LogP contribution in [0.15, 0.2) is 36.5 Å². The highest BCUT2D eigenvalue weighted by molar-refractivity contribution is 5.91. The van der Waals surface area contributed by atoms with Crippen LogP contribution in [-0.2, 0) is 27.8 Å². The van der Waals surface area contributed by atoms with Crippen molar-refractivity contribution in [3.05, 3.63) is 42.1 Å². The van der Waals surface area contributed by atoms with E-state index in [0.29, 0.717) is 45.1 Å². The van der Waals surface area contributed by atoms with Crippen molar-refractivity contribution in [1.82, 2.24) is 20.0 Å². The molecule has 2 N–H and O–H groups in total. The Morgan fingerprint density at radius 3 is 2.97 bits per heavy atom. The fraction of sp³-hybridized carbons (Fsp3) is 0.522. The molecule has 1 unspecified atom stereocenters. The maximum atomic E-state index is 13.1. The van der Waals surface area contributed by atoms with E-state index in [1.165, 1.54) is 5.56 Å². The van der Waals surface area contributed by atoms with Crippen LogP contribution in [0.4, 0.5) is 5.82 Å². The molecule has 1 aromatic carbocycles. The summed E-state index contributed by atoms with van der Waals surface area (Å²) in [4.78, 5) is 27.6. The van der Waals surface area contributed by atoms with E-state index >= 15 is 0 Å². The highest BCUT2D eigenvalue weighted by Gasteiger charge is 2.43. The number of hydrogen-bond acceptors (Lipinski definition) is 6. The molecule has 172 valence electrons. The van der Waals surface area contributed by atoms with Crippen molar-refractivity contribution >= 4 is 17.6 Å². The molecule has 1 aromatic heterocycles. The second kappa shape index (κ2) is 10.1. The summed E-state index contributed by atoms with van der Waals surface area (Å²) < 4.78 is 13.6. The topological polar surface area (TPSA) is 97.7 Å². The van der Waals surface area contributed by atoms with Crippen molar-refractivity contribution < 1.29 is 19.1 Å². The molecule has 32 heavy (non-hydrogen) atoms. The van der Waals surface area contributed by atoms with Crippen LogP contribution in [0, 0.1) is 0 Å². The van der Waals surface area contributed by atoms with E-state index < -0.39 is 5.60 Å². The standard InChI is InChI=1S/C23H31N5O4/c1-27-12-9-20(26-27)25-21(29)16-28-13-15-32-23(17-28)10-5-4-7-18-6-2-3-8-19(18)31-14-11-24-22(23)30/h2-3,6,8-9,12H,4-5,7,10-11,13-17H2,1H3,(H,24,30)(H,25,26,29). The highest BCUT2D eigenvalue weighted by atomic mass is 16.5. The Hall–Kier alpha value is -2.91. The normalized spacial score (nSPS) is 22.7. The smallest absolute Gasteiger partial charge is 0.253 e. The van der Waals surface area contributed by atoms with Gasteiger partial charge >= 0.3 is 0 Å². The first-order valence-electron chi connectivity index (χ1n) is 11.2. The molecule has 1 fully saturated rings. The number of benzene rings is 1. The number of aromatic nitrogens is 2. The third kappa shape index (κ3) is 5.46. The first kappa shape index (κ1) is 22.3. The highest BCUT2D eigenvalue weighted by Crippen LogP contribution is 2.27. The van der Waals surface area contributed by atoms with E-state index in [-0.39, 0.29) is 18.4 Å². The lowest BCUT2D eigenvalue weighted by atomic mass is 9.91. The third-order valence-electron chi connectivity index (χ3n) is 5.92. The molecular weight excluding hydrogens is 410 g/mol. The van der Waals surface area contributed by atoms with Gasteiger partial charge in [-0.25, -0.2) is 0 Å². The molecule has 3 heterocycles. The number of amides is 2. The summed E-state index contributed by atoms with van der Waals surface area (Å²) in [5, 5.41) is 9.97. The zero-order valence-electron chi connectivity index (χ0n) is 18.5. The lowest BCUT2D eigenvalue weighted by Crippen LogP contribution is -2.61. The quantitative estimate of drug-likeness (QED) is 0.746. The maximum absolute atomic E-state index is 13.1. The molecule has 2 aromatic rings. The number of rotatable bonds is 3. The zero-order chi connectivity index (χ0) is 22.4. The summed E-state index contributed by atoms with van der Waals surface area (Å²) in [7, 11) is 1.80. The predicted molar refractivity (Wildman–Crippen MR) is 119 cm³/mol. The average molecular weight is 442 g/mol. The van der Waals surface area contributed by atoms with Gasteiger partial charge in [0.1, 0.15) is 12.4 Å². The largest absolute Gasteiger partial charge is 0.491 e. The van der Waals surface area contributed by atoms with Gasteiger partial charge in [-0.2, -0.15) is 5.10 Å². The Kier molecular flexibility index (Phi) is 7.06. The minimum absolute atomic E-state index is 0.134. The summed E-state index contributed by atoms with van der Waals surface area (Å²) in [6.07, 6.45) is 5.05. The summed E-state index contributed by atoms with van der Waals surface area (Å²) >= 11 is 0. The molecule has 2 amide bonds. The van der Waals surface area contributed by atoms with Gasteiger partial charge in [0.2, 0.25) is 5.91 Å². The summed E-state index contributed by atoms with van der Waals surface area (Å²) in [5.74, 6) is 1.12. The number of ether oxygens (including phenoxy) is 2. The number of fused-ring (bicyclic) bond motifs is 1. The monoisotopic (exact) mass is 441 g/mol. The van der Waals surface area contributed by atoms with E-state index in [1.54, 1.807) is 24.0 Å². The Balaban J connectivity index is 1.40. The Morgan fingerprint density at radius 2 is 2.12 bits per heavy atom. The second-order valence-electron chi connectivity index (χ2n) is 8.40. The molecule has 1 atom stereocenters. The van der Waals surface area contributed by atoms with Crippen molar-refractivity contribution in [3.63, 3.8) is 0 Å². The lowest BCUT2D eigenvalue weighted by Gasteiger charge is -2.41. The molecule has 0 radical (unpaired) electrons. The van der Waals surface area contributed by atoms with Gasteiger partial charge in [-0.05, 0) is 37.3 Å². The van der Waals surface area contributed by atoms with Gasteiger partial charge in [0.25, 0.3) is 5.91 Å². The Morgan fingerprint density at radius 1 is 1.25 bits per heavy atom. The molecule has 1 spiro atoms. The summed E-state index contributed by atoms with van der Waals surface area (Å²) in [6.45, 7) is 2.37. The SMILES string of the molecule is Cn1ccc(NC(=O)CN2CCOC3(CCCCc4ccccc4OCCNC3=O)C2)n1. The summed E-state index contributed by atoms with van der Waals surface area (Å²) in [6, 6.07) is 9.80. The van der Waals surface area contributed by atoms with E-state index in [2.05, 4.69) is 21.8 Å². The van der Waals surface area contributed by atoms with Crippen molar-refractivity contribution in [2.45, 2.75) is 31.3 Å². The van der Waals surface area contributed by atoms with Gasteiger partial charge in [-0.15, -0.1) is 0 Å². The van der Waals surface area contributed by atoms with Gasteiger partial charge in [0, 0.05) is 32.4 Å². The van der Waals surface area contributed by atoms with Crippen LogP contribution in [0.1, 0.15) is 24.8 Å². The van der Waals surface area contributed by atoms with E-state index in [0.717, 1.165) is 25.0 Å². The molecule has 0 saturated carbocycles. The third-order valence-corrected chi connectivity index (χ3v) is 5.92. The van der Waals surface area contributed by atoms with Crippen LogP contribution in [0.25, 0.3) is 0 Å². The molecule has 2 aliphatic rings. The molecule has 2 aliphatic heterocycles. The number of nitrogens with zero attached hydrogens (tertiary/aromatic N) is 3. The number of morpholine rings is 1. The number of hydrogen-bond donors (Lipinski definition) is 2. The maximum Gasteiger partial charge on any atom is 0.253 e. The van der Waals surface area contributed by atoms with Gasteiger partial charge in [0.15, 0.2) is 11.4 Å². The second-order valence-corrected chi connectivity index (χ2v) is 8.40. The zero-order valence-corrected chi connectivity index (χ0v) is 18.5. The molecular formula is C23H31N5O4. The number of carbonyl (C=O) groups excluding carboxylic acids is 2. The molecule has 0 aliphatic carbocycles. The van der Waals surface area contributed by atoms with E-state index in [4.69, 9.17) is 9.47 Å². The molecule has 9 nitrogen and oxygen atoms in total. The van der Waals surface area contributed by atoms with Gasteiger partial charge in [0.05, 0.1) is 19.7 Å². The van der Waals surface area contributed by atoms with Gasteiger partial charge in [-0.3, -0.25) is 19.2 Å². The van der Waals surface area contributed by atoms with E-state index in [9.17, 15) is 9.59 Å². The van der Waals surface area contributed by atoms with Crippen LogP contribution in [0.2, 0.25) is 0 Å². The summed E-state index contributed by atoms with van der Waals surface area (Å²) in [5.41, 5.74) is 0.230. The first-order valence-corrected chi connectivity index (χ1v) is 11.2. The molecule has 9 heteroatoms. The Bertz CT molecular complexity index is 946. The van der Waals surface area contributed by atoms with Gasteiger partial charge in [-0.1, -0.05) is 18.2 Å². The predicted octanol–water partition coefficient (Wildman–Crippen LogP) is 1.35. The van der Waals surface area contributed by atoms with Crippen LogP contribution < -0.4 is 15.4 Å². The van der Waals surface area contributed by atoms with Crippen molar-refractivity contribution in [3.8, 4) is 5.75 Å². The molecule has 4 rings (SSSR count). The molecule has 1 saturated heterocycles. The minimum atomic E-state index is -0.956. The van der Waals surface area contributed by atoms with Crippen LogP contribution in [0.5, 0.6) is 5.75 Å². The number of anilines is 1. The fourth-order valence-corrected chi connectivity index (χ4v) is 4.32. The van der Waals surface area contributed by atoms with Crippen LogP contribution >= 0.6 is 0 Å². The van der Waals surface area contributed by atoms with Crippen molar-refractivity contribution in [2.24, 2.45) is 7.05 Å². The lowest BCUT2D eigenvalue weighted by molar-refractivity contribution is -0.163. The molecule has 0 bridgehead atoms. The minimum Gasteiger partial charge on any atom is -0.491 e. The van der Waals surface area contributed by atoms with Gasteiger partial charge < -0.3 is 20.1 Å². The fourth-order valence-electron chi connectivity index (χ4n) is 4.32. The Labute approximate surface area is 188 Å². The van der Waals surface area contributed by atoms with Crippen molar-refractivity contribution in [2.75, 3.05) is 44.7 Å². The number of aryl methyl sites for hydroxylation is 2. The first-order chi connectivity index (χ1) is 15.5. The van der Waals surface area contributed by atoms with Crippen molar-refractivity contribution in [1.29, 1.82) is 0 Å². The number of para-hydroxylation sites is 1. The number of carbonyl (C=O) groups is 2. The number of nitrogens with one attached hydrogen (secondary N) is 2. The average Bonchev–Trinajstić information content (AvgIpc) is 3.18. The van der Waals surface area contributed by atoms with Crippen LogP contribution in [-0.4, -0.2) is 71.5 Å². The van der Waals surface area contributed by atoms with Crippen LogP contribution in [0.3, 0.4) is 0 Å².